The number of nitrogens with two attached hydrogens (primary N) is 1. The third-order valence-electron chi connectivity index (χ3n) is 4.21. The molecule has 0 saturated carbocycles. The highest BCUT2D eigenvalue weighted by atomic mass is 16.4. The lowest BCUT2D eigenvalue weighted by Gasteiger charge is -2.23. The van der Waals surface area contributed by atoms with E-state index in [1.165, 1.54) is 13.8 Å². The molecule has 5 unspecified atom stereocenters. The molecule has 1 rings (SSSR count). The minimum atomic E-state index is -1.55. The van der Waals surface area contributed by atoms with Gasteiger partial charge in [0.05, 0.1) is 18.6 Å². The van der Waals surface area contributed by atoms with Crippen LogP contribution in [0.4, 0.5) is 0 Å². The lowest BCUT2D eigenvalue weighted by atomic mass is 10.1. The van der Waals surface area contributed by atoms with E-state index in [-0.39, 0.29) is 0 Å². The fraction of sp³-hybridized carbons (Fsp3) is 0.688. The zero-order chi connectivity index (χ0) is 21.4. The van der Waals surface area contributed by atoms with Crippen molar-refractivity contribution in [3.63, 3.8) is 0 Å². The van der Waals surface area contributed by atoms with Crippen LogP contribution in [0.3, 0.4) is 0 Å². The second-order valence-corrected chi connectivity index (χ2v) is 6.68. The fourth-order valence-corrected chi connectivity index (χ4v) is 2.64. The molecule has 1 heterocycles. The summed E-state index contributed by atoms with van der Waals surface area (Å²) in [5.41, 5.74) is 5.13. The molecular weight excluding hydrogens is 374 g/mol. The van der Waals surface area contributed by atoms with Crippen molar-refractivity contribution in [2.24, 2.45) is 5.73 Å². The summed E-state index contributed by atoms with van der Waals surface area (Å²) in [6, 6.07) is -4.51. The Hall–Kier alpha value is -2.73. The van der Waals surface area contributed by atoms with Crippen LogP contribution in [0, 0.1) is 0 Å². The number of carbonyl (C=O) groups is 5. The van der Waals surface area contributed by atoms with E-state index in [1.54, 1.807) is 0 Å². The zero-order valence-corrected chi connectivity index (χ0v) is 15.7. The van der Waals surface area contributed by atoms with Crippen LogP contribution < -0.4 is 27.0 Å². The highest BCUT2D eigenvalue weighted by Crippen LogP contribution is 2.06. The van der Waals surface area contributed by atoms with Crippen LogP contribution in [0.15, 0.2) is 0 Å². The Morgan fingerprint density at radius 3 is 2.21 bits per heavy atom. The largest absolute Gasteiger partial charge is 0.480 e. The smallest absolute Gasteiger partial charge is 0.328 e. The van der Waals surface area contributed by atoms with Crippen molar-refractivity contribution in [1.29, 1.82) is 0 Å². The molecule has 28 heavy (non-hydrogen) atoms. The molecule has 0 spiro atoms. The van der Waals surface area contributed by atoms with Gasteiger partial charge in [-0.3, -0.25) is 19.2 Å². The number of hydrogen-bond donors (Lipinski definition) is 7. The lowest BCUT2D eigenvalue weighted by Crippen LogP contribution is -2.58. The molecule has 0 radical (unpaired) electrons. The summed E-state index contributed by atoms with van der Waals surface area (Å²) in [7, 11) is 0. The molecule has 0 aromatic rings. The van der Waals surface area contributed by atoms with Gasteiger partial charge in [-0.1, -0.05) is 0 Å². The van der Waals surface area contributed by atoms with E-state index in [2.05, 4.69) is 21.3 Å². The molecule has 1 saturated heterocycles. The van der Waals surface area contributed by atoms with Crippen LogP contribution in [-0.4, -0.2) is 76.6 Å². The van der Waals surface area contributed by atoms with Crippen molar-refractivity contribution in [2.45, 2.75) is 63.4 Å². The van der Waals surface area contributed by atoms with E-state index in [4.69, 9.17) is 10.8 Å². The average molecular weight is 401 g/mol. The molecule has 8 N–H and O–H groups in total. The number of rotatable bonds is 10. The number of aliphatic hydroxyl groups is 1. The van der Waals surface area contributed by atoms with Gasteiger partial charge < -0.3 is 37.2 Å². The Balaban J connectivity index is 2.71. The van der Waals surface area contributed by atoms with Crippen molar-refractivity contribution in [1.82, 2.24) is 21.3 Å². The molecule has 0 aromatic heterocycles. The van der Waals surface area contributed by atoms with Crippen LogP contribution in [-0.2, 0) is 24.0 Å². The van der Waals surface area contributed by atoms with Crippen molar-refractivity contribution >= 4 is 29.6 Å². The second-order valence-electron chi connectivity index (χ2n) is 6.68. The maximum atomic E-state index is 12.4. The van der Waals surface area contributed by atoms with Crippen LogP contribution >= 0.6 is 0 Å². The number of carboxylic acids is 1. The molecule has 158 valence electrons. The number of aliphatic hydroxyl groups excluding tert-OH is 1. The van der Waals surface area contributed by atoms with Crippen LogP contribution in [0.1, 0.15) is 33.1 Å². The summed E-state index contributed by atoms with van der Waals surface area (Å²) in [4.78, 5) is 58.9. The quantitative estimate of drug-likeness (QED) is 0.196. The van der Waals surface area contributed by atoms with Gasteiger partial charge in [0.2, 0.25) is 23.6 Å². The van der Waals surface area contributed by atoms with Crippen LogP contribution in [0.5, 0.6) is 0 Å². The first-order valence-electron chi connectivity index (χ1n) is 8.86. The molecule has 4 amide bonds. The Morgan fingerprint density at radius 2 is 1.75 bits per heavy atom. The number of hydrogen-bond acceptors (Lipinski definition) is 7. The van der Waals surface area contributed by atoms with Crippen LogP contribution in [0.25, 0.3) is 0 Å². The predicted molar refractivity (Wildman–Crippen MR) is 95.6 cm³/mol. The summed E-state index contributed by atoms with van der Waals surface area (Å²) in [6.07, 6.45) is -0.434. The van der Waals surface area contributed by atoms with Gasteiger partial charge in [0.1, 0.15) is 12.1 Å². The first-order chi connectivity index (χ1) is 13.0. The first-order valence-corrected chi connectivity index (χ1v) is 8.86. The maximum Gasteiger partial charge on any atom is 0.328 e. The minimum absolute atomic E-state index is 0.462. The highest BCUT2D eigenvalue weighted by Gasteiger charge is 2.31. The van der Waals surface area contributed by atoms with E-state index in [9.17, 15) is 29.1 Å². The Morgan fingerprint density at radius 1 is 1.11 bits per heavy atom. The number of amides is 4. The zero-order valence-electron chi connectivity index (χ0n) is 15.7. The lowest BCUT2D eigenvalue weighted by molar-refractivity contribution is -0.145. The molecule has 12 nitrogen and oxygen atoms in total. The highest BCUT2D eigenvalue weighted by molar-refractivity contribution is 5.96. The molecule has 1 fully saturated rings. The van der Waals surface area contributed by atoms with E-state index in [0.29, 0.717) is 13.0 Å². The first kappa shape index (κ1) is 23.3. The average Bonchev–Trinajstić information content (AvgIpc) is 3.12. The van der Waals surface area contributed by atoms with Gasteiger partial charge in [-0.25, -0.2) is 4.79 Å². The summed E-state index contributed by atoms with van der Waals surface area (Å²) in [5.74, 6) is -4.40. The third kappa shape index (κ3) is 7.12. The van der Waals surface area contributed by atoms with Crippen LogP contribution in [0.2, 0.25) is 0 Å². The van der Waals surface area contributed by atoms with Crippen molar-refractivity contribution in [2.75, 3.05) is 6.54 Å². The van der Waals surface area contributed by atoms with Gasteiger partial charge in [0.25, 0.3) is 0 Å². The van der Waals surface area contributed by atoms with Gasteiger partial charge in [-0.2, -0.15) is 0 Å². The SMILES string of the molecule is CC(NC(=O)C(CC(N)=O)NC(=O)C1CCCN1)C(=O)NC(C(=O)O)C(C)O. The summed E-state index contributed by atoms with van der Waals surface area (Å²) in [5, 5.41) is 28.2. The van der Waals surface area contributed by atoms with Gasteiger partial charge in [-0.15, -0.1) is 0 Å². The molecular formula is C16H27N5O7. The Labute approximate surface area is 161 Å². The van der Waals surface area contributed by atoms with E-state index >= 15 is 0 Å². The molecule has 5 atom stereocenters. The van der Waals surface area contributed by atoms with Gasteiger partial charge >= 0.3 is 5.97 Å². The predicted octanol–water partition coefficient (Wildman–Crippen LogP) is -3.45. The number of carbonyl (C=O) groups excluding carboxylic acids is 4. The molecule has 0 aliphatic carbocycles. The van der Waals surface area contributed by atoms with Gasteiger partial charge in [0, 0.05) is 0 Å². The summed E-state index contributed by atoms with van der Waals surface area (Å²) >= 11 is 0. The molecule has 12 heteroatoms. The number of nitrogens with one attached hydrogen (secondary N) is 4. The minimum Gasteiger partial charge on any atom is -0.480 e. The Bertz CT molecular complexity index is 619. The maximum absolute atomic E-state index is 12.4. The standard InChI is InChI=1S/C16H27N5O7/c1-7(13(24)21-12(8(2)22)16(27)28)19-15(26)10(6-11(17)23)20-14(25)9-4-3-5-18-9/h7-10,12,18,22H,3-6H2,1-2H3,(H2,17,23)(H,19,26)(H,20,25)(H,21,24)(H,27,28). The molecule has 1 aliphatic heterocycles. The third-order valence-corrected chi connectivity index (χ3v) is 4.21. The monoisotopic (exact) mass is 401 g/mol. The molecule has 1 aliphatic rings. The number of aliphatic carboxylic acids is 1. The normalized spacial score (nSPS) is 20.3. The second kappa shape index (κ2) is 10.6. The van der Waals surface area contributed by atoms with Gasteiger partial charge in [0.15, 0.2) is 6.04 Å². The molecule has 0 bridgehead atoms. The van der Waals surface area contributed by atoms with E-state index < -0.39 is 66.3 Å². The molecule has 0 aromatic carbocycles. The summed E-state index contributed by atoms with van der Waals surface area (Å²) in [6.45, 7) is 3.14. The topological polar surface area (TPSA) is 200 Å². The number of primary amides is 1. The fourth-order valence-electron chi connectivity index (χ4n) is 2.64. The summed E-state index contributed by atoms with van der Waals surface area (Å²) < 4.78 is 0. The Kier molecular flexibility index (Phi) is 8.79. The van der Waals surface area contributed by atoms with E-state index in [0.717, 1.165) is 6.42 Å². The van der Waals surface area contributed by atoms with Crippen molar-refractivity contribution in [3.05, 3.63) is 0 Å². The van der Waals surface area contributed by atoms with Gasteiger partial charge in [-0.05, 0) is 33.2 Å². The van der Waals surface area contributed by atoms with E-state index in [1.807, 2.05) is 0 Å². The van der Waals surface area contributed by atoms with Crippen molar-refractivity contribution < 1.29 is 34.2 Å². The number of carboxylic acid groups (broad SMARTS) is 1. The van der Waals surface area contributed by atoms with Crippen molar-refractivity contribution in [3.8, 4) is 0 Å².